The zero-order valence-corrected chi connectivity index (χ0v) is 13.9. The van der Waals surface area contributed by atoms with Crippen molar-refractivity contribution in [1.82, 2.24) is 10.9 Å². The number of likely N-dealkylation sites (N-methyl/N-ethyl adjacent to an activating group) is 1. The Hall–Kier alpha value is -3.06. The highest BCUT2D eigenvalue weighted by Crippen LogP contribution is 2.32. The van der Waals surface area contributed by atoms with Crippen LogP contribution in [0.5, 0.6) is 11.5 Å². The van der Waals surface area contributed by atoms with E-state index in [0.717, 1.165) is 22.0 Å². The molecule has 0 saturated carbocycles. The van der Waals surface area contributed by atoms with Gasteiger partial charge in [0, 0.05) is 11.1 Å². The molecule has 7 nitrogen and oxygen atoms in total. The summed E-state index contributed by atoms with van der Waals surface area (Å²) >= 11 is 0. The van der Waals surface area contributed by atoms with Gasteiger partial charge in [0.15, 0.2) is 18.0 Å². The first-order valence-electron chi connectivity index (χ1n) is 7.96. The first kappa shape index (κ1) is 16.8. The molecule has 3 rings (SSSR count). The lowest BCUT2D eigenvalue weighted by molar-refractivity contribution is -0.885. The summed E-state index contributed by atoms with van der Waals surface area (Å²) in [6.45, 7) is 1.12. The van der Waals surface area contributed by atoms with Crippen LogP contribution in [0.2, 0.25) is 0 Å². The number of hydrogen-bond acceptors (Lipinski definition) is 4. The van der Waals surface area contributed by atoms with Crippen molar-refractivity contribution in [2.24, 2.45) is 0 Å². The Labute approximate surface area is 145 Å². The summed E-state index contributed by atoms with van der Waals surface area (Å²) in [5.41, 5.74) is 6.38. The van der Waals surface area contributed by atoms with Gasteiger partial charge in [-0.2, -0.15) is 0 Å². The summed E-state index contributed by atoms with van der Waals surface area (Å²) in [6.07, 6.45) is 0. The van der Waals surface area contributed by atoms with E-state index in [9.17, 15) is 9.59 Å². The van der Waals surface area contributed by atoms with Crippen molar-refractivity contribution in [3.05, 3.63) is 59.7 Å². The highest BCUT2D eigenvalue weighted by Gasteiger charge is 2.16. The maximum atomic E-state index is 12.0. The molecule has 1 atom stereocenters. The van der Waals surface area contributed by atoms with E-state index in [-0.39, 0.29) is 25.2 Å². The standard InChI is InChI=1S/C18H19N3O4/c1-21(10-13-7-8-15-16(9-13)25-12-24-15)11-17(22)19-20-18(23)14-5-3-2-4-6-14/h2-9H,10-12H2,1H3,(H,19,22)(H,20,23)/p+1. The van der Waals surface area contributed by atoms with Gasteiger partial charge in [0.2, 0.25) is 6.79 Å². The van der Waals surface area contributed by atoms with Crippen LogP contribution in [0.1, 0.15) is 15.9 Å². The van der Waals surface area contributed by atoms with Crippen LogP contribution in [-0.2, 0) is 11.3 Å². The summed E-state index contributed by atoms with van der Waals surface area (Å²) in [5, 5.41) is 0. The van der Waals surface area contributed by atoms with Crippen LogP contribution in [0.4, 0.5) is 0 Å². The van der Waals surface area contributed by atoms with Crippen molar-refractivity contribution in [1.29, 1.82) is 0 Å². The molecule has 0 bridgehead atoms. The topological polar surface area (TPSA) is 81.1 Å². The molecule has 0 radical (unpaired) electrons. The van der Waals surface area contributed by atoms with Crippen LogP contribution in [0.3, 0.4) is 0 Å². The fourth-order valence-corrected chi connectivity index (χ4v) is 2.57. The second-order valence-corrected chi connectivity index (χ2v) is 5.87. The maximum absolute atomic E-state index is 12.0. The van der Waals surface area contributed by atoms with Gasteiger partial charge in [-0.05, 0) is 30.3 Å². The third-order valence-corrected chi connectivity index (χ3v) is 3.76. The van der Waals surface area contributed by atoms with E-state index in [1.165, 1.54) is 0 Å². The number of quaternary nitrogens is 1. The van der Waals surface area contributed by atoms with Gasteiger partial charge in [0.1, 0.15) is 6.54 Å². The van der Waals surface area contributed by atoms with Crippen LogP contribution in [0, 0.1) is 0 Å². The van der Waals surface area contributed by atoms with E-state index >= 15 is 0 Å². The molecule has 0 fully saturated rings. The van der Waals surface area contributed by atoms with Crippen molar-refractivity contribution >= 4 is 11.8 Å². The van der Waals surface area contributed by atoms with Gasteiger partial charge in [0.25, 0.3) is 11.8 Å². The molecule has 0 aliphatic carbocycles. The van der Waals surface area contributed by atoms with Crippen molar-refractivity contribution in [2.75, 3.05) is 20.4 Å². The normalized spacial score (nSPS) is 13.2. The number of fused-ring (bicyclic) bond motifs is 1. The Morgan fingerprint density at radius 3 is 2.60 bits per heavy atom. The molecule has 7 heteroatoms. The van der Waals surface area contributed by atoms with Gasteiger partial charge >= 0.3 is 0 Å². The van der Waals surface area contributed by atoms with E-state index in [2.05, 4.69) is 10.9 Å². The largest absolute Gasteiger partial charge is 0.454 e. The van der Waals surface area contributed by atoms with Gasteiger partial charge in [0.05, 0.1) is 7.05 Å². The lowest BCUT2D eigenvalue weighted by Gasteiger charge is -2.14. The van der Waals surface area contributed by atoms with Crippen LogP contribution in [-0.4, -0.2) is 32.2 Å². The molecule has 25 heavy (non-hydrogen) atoms. The number of hydrogen-bond donors (Lipinski definition) is 3. The monoisotopic (exact) mass is 342 g/mol. The van der Waals surface area contributed by atoms with Crippen molar-refractivity contribution < 1.29 is 24.0 Å². The van der Waals surface area contributed by atoms with E-state index < -0.39 is 0 Å². The smallest absolute Gasteiger partial charge is 0.293 e. The maximum Gasteiger partial charge on any atom is 0.293 e. The average molecular weight is 342 g/mol. The minimum Gasteiger partial charge on any atom is -0.454 e. The molecule has 2 amide bonds. The van der Waals surface area contributed by atoms with Crippen molar-refractivity contribution in [2.45, 2.75) is 6.54 Å². The minimum atomic E-state index is -0.345. The molecule has 2 aromatic carbocycles. The van der Waals surface area contributed by atoms with Gasteiger partial charge in [-0.25, -0.2) is 0 Å². The van der Waals surface area contributed by atoms with Crippen LogP contribution in [0.15, 0.2) is 48.5 Å². The number of nitrogens with one attached hydrogen (secondary N) is 3. The highest BCUT2D eigenvalue weighted by molar-refractivity contribution is 5.95. The molecule has 1 aliphatic rings. The number of amides is 2. The number of benzene rings is 2. The summed E-state index contributed by atoms with van der Waals surface area (Å²) < 4.78 is 10.6. The Kier molecular flexibility index (Phi) is 5.15. The van der Waals surface area contributed by atoms with Gasteiger partial charge < -0.3 is 14.4 Å². The lowest BCUT2D eigenvalue weighted by Crippen LogP contribution is -3.09. The third kappa shape index (κ3) is 4.48. The Bertz CT molecular complexity index is 764. The van der Waals surface area contributed by atoms with E-state index in [1.807, 2.05) is 31.3 Å². The number of hydrazine groups is 1. The second-order valence-electron chi connectivity index (χ2n) is 5.87. The van der Waals surface area contributed by atoms with Gasteiger partial charge in [-0.3, -0.25) is 20.4 Å². The zero-order chi connectivity index (χ0) is 17.6. The first-order valence-corrected chi connectivity index (χ1v) is 7.96. The number of carbonyl (C=O) groups is 2. The highest BCUT2D eigenvalue weighted by atomic mass is 16.7. The SMILES string of the molecule is C[NH+](CC(=O)NNC(=O)c1ccccc1)Cc1ccc2c(c1)OCO2. The average Bonchev–Trinajstić information content (AvgIpc) is 3.08. The van der Waals surface area contributed by atoms with Crippen molar-refractivity contribution in [3.63, 3.8) is 0 Å². The predicted octanol–water partition coefficient (Wildman–Crippen LogP) is -0.109. The molecule has 3 N–H and O–H groups in total. The van der Waals surface area contributed by atoms with Crippen molar-refractivity contribution in [3.8, 4) is 11.5 Å². The predicted molar refractivity (Wildman–Crippen MR) is 90.1 cm³/mol. The van der Waals surface area contributed by atoms with E-state index in [1.54, 1.807) is 24.3 Å². The molecule has 1 unspecified atom stereocenters. The summed E-state index contributed by atoms with van der Waals surface area (Å²) in [4.78, 5) is 24.8. The molecular weight excluding hydrogens is 322 g/mol. The van der Waals surface area contributed by atoms with E-state index in [0.29, 0.717) is 12.1 Å². The molecule has 0 saturated heterocycles. The molecule has 130 valence electrons. The zero-order valence-electron chi connectivity index (χ0n) is 13.9. The van der Waals surface area contributed by atoms with Crippen LogP contribution in [0.25, 0.3) is 0 Å². The number of ether oxygens (including phenoxy) is 2. The third-order valence-electron chi connectivity index (χ3n) is 3.76. The number of rotatable bonds is 5. The quantitative estimate of drug-likeness (QED) is 0.663. The fraction of sp³-hybridized carbons (Fsp3) is 0.222. The molecule has 1 aliphatic heterocycles. The molecule has 0 aromatic heterocycles. The molecular formula is C18H20N3O4+. The fourth-order valence-electron chi connectivity index (χ4n) is 2.57. The van der Waals surface area contributed by atoms with Crippen LogP contribution < -0.4 is 25.2 Å². The molecule has 1 heterocycles. The Morgan fingerprint density at radius 2 is 1.80 bits per heavy atom. The van der Waals surface area contributed by atoms with E-state index in [4.69, 9.17) is 9.47 Å². The number of carbonyl (C=O) groups excluding carboxylic acids is 2. The second kappa shape index (κ2) is 7.67. The van der Waals surface area contributed by atoms with Crippen LogP contribution >= 0.6 is 0 Å². The first-order chi connectivity index (χ1) is 12.1. The summed E-state index contributed by atoms with van der Waals surface area (Å²) in [5.74, 6) is 0.859. The summed E-state index contributed by atoms with van der Waals surface area (Å²) in [6, 6.07) is 14.4. The Morgan fingerprint density at radius 1 is 1.04 bits per heavy atom. The molecule has 0 spiro atoms. The Balaban J connectivity index is 1.45. The molecule has 2 aromatic rings. The van der Waals surface area contributed by atoms with Gasteiger partial charge in [-0.15, -0.1) is 0 Å². The van der Waals surface area contributed by atoms with Gasteiger partial charge in [-0.1, -0.05) is 18.2 Å². The minimum absolute atomic E-state index is 0.226. The summed E-state index contributed by atoms with van der Waals surface area (Å²) in [7, 11) is 1.91. The lowest BCUT2D eigenvalue weighted by atomic mass is 10.2.